The number of ketones is 3. The van der Waals surface area contributed by atoms with Crippen LogP contribution in [0.1, 0.15) is 82.6 Å². The lowest BCUT2D eigenvalue weighted by Gasteiger charge is -2.32. The summed E-state index contributed by atoms with van der Waals surface area (Å²) in [5.41, 5.74) is -3.94. The fourth-order valence-corrected chi connectivity index (χ4v) is 3.51. The number of carbonyl (C=O) groups excluding carboxylic acids is 4. The number of Topliss-reactive ketones (excluding diaryl/α,β-unsaturated/α-hetero) is 3. The molecule has 0 aromatic rings. The maximum atomic E-state index is 13.1. The molecule has 0 N–H and O–H groups in total. The second-order valence-corrected chi connectivity index (χ2v) is 11.1. The van der Waals surface area contributed by atoms with Gasteiger partial charge in [-0.05, 0) is 86.8 Å². The minimum atomic E-state index is -1.36. The molecule has 0 radical (unpaired) electrons. The third-order valence-electron chi connectivity index (χ3n) is 6.19. The first kappa shape index (κ1) is 35.8. The van der Waals surface area contributed by atoms with E-state index in [0.717, 1.165) is 0 Å². The van der Waals surface area contributed by atoms with Crippen LogP contribution in [0.15, 0.2) is 24.3 Å². The molecule has 0 aromatic heterocycles. The van der Waals surface area contributed by atoms with Gasteiger partial charge in [0.05, 0.1) is 26.4 Å². The summed E-state index contributed by atoms with van der Waals surface area (Å²) in [7, 11) is 0. The quantitative estimate of drug-likeness (QED) is 0.134. The van der Waals surface area contributed by atoms with Crippen molar-refractivity contribution in [1.29, 1.82) is 0 Å². The van der Waals surface area contributed by atoms with Gasteiger partial charge in [0.25, 0.3) is 0 Å². The van der Waals surface area contributed by atoms with Gasteiger partial charge in [-0.2, -0.15) is 0 Å². The number of hydrogen-bond acceptors (Lipinski definition) is 9. The van der Waals surface area contributed by atoms with Crippen molar-refractivity contribution in [2.24, 2.45) is 0 Å². The van der Waals surface area contributed by atoms with Crippen LogP contribution in [0, 0.1) is 0 Å². The van der Waals surface area contributed by atoms with Crippen molar-refractivity contribution in [3.63, 3.8) is 0 Å². The average molecular weight is 541 g/mol. The smallest absolute Gasteiger partial charge is 0.338 e. The normalized spacial score (nSPS) is 14.8. The molecule has 0 bridgehead atoms. The predicted molar refractivity (Wildman–Crippen MR) is 145 cm³/mol. The van der Waals surface area contributed by atoms with Gasteiger partial charge in [0, 0.05) is 0 Å². The molecule has 0 aliphatic rings. The Kier molecular flexibility index (Phi) is 13.4. The Morgan fingerprint density at radius 1 is 0.658 bits per heavy atom. The Labute approximate surface area is 228 Å². The standard InChI is InChI=1S/C29H48O9/c1-14-29(13,37-18-17-35-27(9,10)23(31)20(4)5)24(32)21(6)38-25(33)28(11,12)36-16-15-34-26(7,8)22(30)19(2)3/h21H,2,4,14-18H2,1,3,5-13H3. The zero-order valence-electron chi connectivity index (χ0n) is 25.2. The highest BCUT2D eigenvalue weighted by Gasteiger charge is 2.40. The summed E-state index contributed by atoms with van der Waals surface area (Å²) in [5, 5.41) is 0. The van der Waals surface area contributed by atoms with E-state index < -0.39 is 40.3 Å². The van der Waals surface area contributed by atoms with Crippen molar-refractivity contribution in [2.75, 3.05) is 26.4 Å². The first-order valence-electron chi connectivity index (χ1n) is 12.9. The van der Waals surface area contributed by atoms with Gasteiger partial charge in [0.2, 0.25) is 5.78 Å². The van der Waals surface area contributed by atoms with E-state index in [1.165, 1.54) is 20.8 Å². The SMILES string of the molecule is C=C(C)C(=O)C(C)(C)OCCOC(C)(C)C(=O)OC(C)C(=O)C(C)(CC)OCCOC(C)(C)C(=O)C(=C)C. The van der Waals surface area contributed by atoms with Crippen molar-refractivity contribution in [3.05, 3.63) is 24.3 Å². The Morgan fingerprint density at radius 2 is 1.00 bits per heavy atom. The van der Waals surface area contributed by atoms with Gasteiger partial charge in [0.15, 0.2) is 23.3 Å². The molecular weight excluding hydrogens is 492 g/mol. The summed E-state index contributed by atoms with van der Waals surface area (Å²) < 4.78 is 28.2. The number of esters is 1. The Hall–Kier alpha value is -2.20. The van der Waals surface area contributed by atoms with Crippen molar-refractivity contribution >= 4 is 23.3 Å². The molecular formula is C29H48O9. The molecule has 218 valence electrons. The Morgan fingerprint density at radius 3 is 1.34 bits per heavy atom. The molecule has 9 heteroatoms. The van der Waals surface area contributed by atoms with Gasteiger partial charge in [-0.1, -0.05) is 20.1 Å². The topological polar surface area (TPSA) is 114 Å². The molecule has 0 heterocycles. The highest BCUT2D eigenvalue weighted by Crippen LogP contribution is 2.23. The second-order valence-electron chi connectivity index (χ2n) is 11.1. The highest BCUT2D eigenvalue weighted by molar-refractivity contribution is 6.00. The minimum absolute atomic E-state index is 0.0251. The lowest BCUT2D eigenvalue weighted by molar-refractivity contribution is -0.183. The molecule has 0 spiro atoms. The molecule has 38 heavy (non-hydrogen) atoms. The van der Waals surface area contributed by atoms with Crippen LogP contribution in [0.25, 0.3) is 0 Å². The van der Waals surface area contributed by atoms with Crippen LogP contribution < -0.4 is 0 Å². The summed E-state index contributed by atoms with van der Waals surface area (Å²) in [6, 6.07) is 0. The molecule has 9 nitrogen and oxygen atoms in total. The lowest BCUT2D eigenvalue weighted by Crippen LogP contribution is -2.48. The molecule has 0 saturated carbocycles. The second kappa shape index (κ2) is 14.3. The first-order chi connectivity index (χ1) is 17.1. The Bertz CT molecular complexity index is 898. The fourth-order valence-electron chi connectivity index (χ4n) is 3.51. The predicted octanol–water partition coefficient (Wildman–Crippen LogP) is 4.35. The first-order valence-corrected chi connectivity index (χ1v) is 12.9. The molecule has 0 fully saturated rings. The number of ether oxygens (including phenoxy) is 5. The van der Waals surface area contributed by atoms with Gasteiger partial charge >= 0.3 is 5.97 Å². The zero-order valence-corrected chi connectivity index (χ0v) is 25.2. The largest absolute Gasteiger partial charge is 0.452 e. The zero-order chi connectivity index (χ0) is 30.1. The number of carbonyl (C=O) groups is 4. The van der Waals surface area contributed by atoms with Crippen LogP contribution >= 0.6 is 0 Å². The molecule has 0 aliphatic heterocycles. The fraction of sp³-hybridized carbons (Fsp3) is 0.724. The lowest BCUT2D eigenvalue weighted by atomic mass is 9.94. The summed E-state index contributed by atoms with van der Waals surface area (Å²) in [5.74, 6) is -1.57. The van der Waals surface area contributed by atoms with Gasteiger partial charge in [-0.15, -0.1) is 0 Å². The third kappa shape index (κ3) is 10.5. The summed E-state index contributed by atoms with van der Waals surface area (Å²) in [6.07, 6.45) is -0.765. The monoisotopic (exact) mass is 540 g/mol. The van der Waals surface area contributed by atoms with E-state index in [2.05, 4.69) is 13.2 Å². The van der Waals surface area contributed by atoms with E-state index in [0.29, 0.717) is 17.6 Å². The van der Waals surface area contributed by atoms with Crippen LogP contribution in [-0.4, -0.2) is 78.3 Å². The van der Waals surface area contributed by atoms with Gasteiger partial charge in [-0.25, -0.2) is 4.79 Å². The molecule has 0 aromatic carbocycles. The van der Waals surface area contributed by atoms with E-state index in [9.17, 15) is 19.2 Å². The van der Waals surface area contributed by atoms with Crippen LogP contribution in [0.2, 0.25) is 0 Å². The van der Waals surface area contributed by atoms with Crippen LogP contribution in [0.3, 0.4) is 0 Å². The summed E-state index contributed by atoms with van der Waals surface area (Å²) >= 11 is 0. The van der Waals surface area contributed by atoms with E-state index >= 15 is 0 Å². The van der Waals surface area contributed by atoms with Gasteiger partial charge in [-0.3, -0.25) is 14.4 Å². The number of rotatable bonds is 19. The van der Waals surface area contributed by atoms with Crippen molar-refractivity contribution < 1.29 is 42.9 Å². The molecule has 0 amide bonds. The van der Waals surface area contributed by atoms with Crippen molar-refractivity contribution in [2.45, 2.75) is 111 Å². The van der Waals surface area contributed by atoms with Gasteiger partial charge in [0.1, 0.15) is 16.8 Å². The maximum Gasteiger partial charge on any atom is 0.338 e. The third-order valence-corrected chi connectivity index (χ3v) is 6.19. The highest BCUT2D eigenvalue weighted by atomic mass is 16.6. The van der Waals surface area contributed by atoms with E-state index in [-0.39, 0.29) is 38.0 Å². The van der Waals surface area contributed by atoms with Crippen molar-refractivity contribution in [3.8, 4) is 0 Å². The van der Waals surface area contributed by atoms with Crippen LogP contribution in [0.4, 0.5) is 0 Å². The maximum absolute atomic E-state index is 13.1. The molecule has 2 unspecified atom stereocenters. The van der Waals surface area contributed by atoms with Crippen molar-refractivity contribution in [1.82, 2.24) is 0 Å². The number of hydrogen-bond donors (Lipinski definition) is 0. The minimum Gasteiger partial charge on any atom is -0.452 e. The van der Waals surface area contributed by atoms with Crippen LogP contribution in [-0.2, 0) is 42.9 Å². The van der Waals surface area contributed by atoms with E-state index in [4.69, 9.17) is 23.7 Å². The average Bonchev–Trinajstić information content (AvgIpc) is 2.82. The van der Waals surface area contributed by atoms with E-state index in [1.54, 1.807) is 55.4 Å². The molecule has 0 saturated heterocycles. The van der Waals surface area contributed by atoms with E-state index in [1.807, 2.05) is 0 Å². The Balaban J connectivity index is 4.92. The molecule has 0 rings (SSSR count). The van der Waals surface area contributed by atoms with Gasteiger partial charge < -0.3 is 23.7 Å². The van der Waals surface area contributed by atoms with Crippen LogP contribution in [0.5, 0.6) is 0 Å². The summed E-state index contributed by atoms with van der Waals surface area (Å²) in [4.78, 5) is 50.2. The summed E-state index contributed by atoms with van der Waals surface area (Å²) in [6.45, 7) is 25.3. The molecule has 2 atom stereocenters. The molecule has 0 aliphatic carbocycles.